The summed E-state index contributed by atoms with van der Waals surface area (Å²) in [6, 6.07) is 14.4. The van der Waals surface area contributed by atoms with Crippen LogP contribution in [0.15, 0.2) is 48.5 Å². The maximum atomic E-state index is 10.7. The molecule has 0 heterocycles. The molecule has 3 nitrogen and oxygen atoms in total. The number of benzene rings is 2. The van der Waals surface area contributed by atoms with Crippen molar-refractivity contribution in [3.63, 3.8) is 0 Å². The van der Waals surface area contributed by atoms with Crippen molar-refractivity contribution in [2.75, 3.05) is 7.11 Å². The average Bonchev–Trinajstić information content (AvgIpc) is 2.39. The summed E-state index contributed by atoms with van der Waals surface area (Å²) in [5, 5.41) is 8.81. The molecule has 0 aliphatic heterocycles. The molecular weight excluding hydrogens is 216 g/mol. The fourth-order valence-corrected chi connectivity index (χ4v) is 1.61. The summed E-state index contributed by atoms with van der Waals surface area (Å²) in [4.78, 5) is 10.7. The van der Waals surface area contributed by atoms with E-state index in [0.29, 0.717) is 0 Å². The third-order valence-corrected chi connectivity index (χ3v) is 2.53. The molecule has 1 N–H and O–H groups in total. The lowest BCUT2D eigenvalue weighted by atomic mass is 10.0. The van der Waals surface area contributed by atoms with Gasteiger partial charge in [0.15, 0.2) is 0 Å². The molecule has 0 amide bonds. The van der Waals surface area contributed by atoms with Crippen molar-refractivity contribution in [2.24, 2.45) is 0 Å². The first-order valence-electron chi connectivity index (χ1n) is 5.18. The van der Waals surface area contributed by atoms with Gasteiger partial charge in [-0.05, 0) is 35.4 Å². The minimum absolute atomic E-state index is 0.289. The number of carbonyl (C=O) groups is 1. The van der Waals surface area contributed by atoms with Gasteiger partial charge in [0.05, 0.1) is 12.7 Å². The zero-order valence-electron chi connectivity index (χ0n) is 9.38. The SMILES string of the molecule is COc1cccc(-c2ccc(C(=O)O)cc2)c1. The van der Waals surface area contributed by atoms with Gasteiger partial charge in [-0.25, -0.2) is 4.79 Å². The molecule has 0 fully saturated rings. The Morgan fingerprint density at radius 3 is 2.35 bits per heavy atom. The molecule has 17 heavy (non-hydrogen) atoms. The zero-order chi connectivity index (χ0) is 12.3. The summed E-state index contributed by atoms with van der Waals surface area (Å²) in [6.07, 6.45) is 0. The summed E-state index contributed by atoms with van der Waals surface area (Å²) < 4.78 is 5.14. The molecular formula is C14H12O3. The van der Waals surface area contributed by atoms with Crippen LogP contribution in [0.3, 0.4) is 0 Å². The fourth-order valence-electron chi connectivity index (χ4n) is 1.61. The van der Waals surface area contributed by atoms with Crippen molar-refractivity contribution in [3.05, 3.63) is 54.1 Å². The summed E-state index contributed by atoms with van der Waals surface area (Å²) in [7, 11) is 1.62. The lowest BCUT2D eigenvalue weighted by Crippen LogP contribution is -1.94. The van der Waals surface area contributed by atoms with Crippen molar-refractivity contribution in [1.82, 2.24) is 0 Å². The third kappa shape index (κ3) is 2.45. The fraction of sp³-hybridized carbons (Fsp3) is 0.0714. The average molecular weight is 228 g/mol. The van der Waals surface area contributed by atoms with Crippen LogP contribution in [-0.2, 0) is 0 Å². The second-order valence-corrected chi connectivity index (χ2v) is 3.61. The van der Waals surface area contributed by atoms with Crippen LogP contribution >= 0.6 is 0 Å². The predicted octanol–water partition coefficient (Wildman–Crippen LogP) is 3.06. The Bertz CT molecular complexity index is 529. The Labute approximate surface area is 99.3 Å². The summed E-state index contributed by atoms with van der Waals surface area (Å²) in [5.41, 5.74) is 2.26. The zero-order valence-corrected chi connectivity index (χ0v) is 9.38. The largest absolute Gasteiger partial charge is 0.497 e. The van der Waals surface area contributed by atoms with E-state index in [1.54, 1.807) is 31.4 Å². The van der Waals surface area contributed by atoms with E-state index >= 15 is 0 Å². The summed E-state index contributed by atoms with van der Waals surface area (Å²) in [5.74, 6) is -0.132. The molecule has 0 radical (unpaired) electrons. The van der Waals surface area contributed by atoms with Gasteiger partial charge in [-0.2, -0.15) is 0 Å². The quantitative estimate of drug-likeness (QED) is 0.878. The van der Waals surface area contributed by atoms with E-state index in [9.17, 15) is 4.79 Å². The second kappa shape index (κ2) is 4.70. The number of hydrogen-bond donors (Lipinski definition) is 1. The van der Waals surface area contributed by atoms with Crippen LogP contribution in [0.2, 0.25) is 0 Å². The van der Waals surface area contributed by atoms with E-state index in [1.165, 1.54) is 0 Å². The number of carboxylic acids is 1. The van der Waals surface area contributed by atoms with Crippen molar-refractivity contribution in [2.45, 2.75) is 0 Å². The molecule has 2 rings (SSSR count). The maximum absolute atomic E-state index is 10.7. The number of methoxy groups -OCH3 is 1. The Kier molecular flexibility index (Phi) is 3.10. The van der Waals surface area contributed by atoms with Crippen LogP contribution < -0.4 is 4.74 Å². The van der Waals surface area contributed by atoms with Crippen molar-refractivity contribution in [3.8, 4) is 16.9 Å². The Morgan fingerprint density at radius 1 is 1.06 bits per heavy atom. The van der Waals surface area contributed by atoms with Gasteiger partial charge in [-0.1, -0.05) is 24.3 Å². The predicted molar refractivity (Wildman–Crippen MR) is 65.4 cm³/mol. The Morgan fingerprint density at radius 2 is 1.76 bits per heavy atom. The molecule has 0 bridgehead atoms. The molecule has 0 atom stereocenters. The van der Waals surface area contributed by atoms with Gasteiger partial charge in [0.2, 0.25) is 0 Å². The number of carboxylic acid groups (broad SMARTS) is 1. The normalized spacial score (nSPS) is 9.94. The third-order valence-electron chi connectivity index (χ3n) is 2.53. The molecule has 0 saturated carbocycles. The van der Waals surface area contributed by atoms with Crippen molar-refractivity contribution >= 4 is 5.97 Å². The molecule has 0 saturated heterocycles. The maximum Gasteiger partial charge on any atom is 0.335 e. The van der Waals surface area contributed by atoms with Crippen LogP contribution in [-0.4, -0.2) is 18.2 Å². The van der Waals surface area contributed by atoms with Gasteiger partial charge < -0.3 is 9.84 Å². The van der Waals surface area contributed by atoms with Gasteiger partial charge in [-0.15, -0.1) is 0 Å². The van der Waals surface area contributed by atoms with Gasteiger partial charge >= 0.3 is 5.97 Å². The number of rotatable bonds is 3. The molecule has 0 spiro atoms. The smallest absolute Gasteiger partial charge is 0.335 e. The summed E-state index contributed by atoms with van der Waals surface area (Å²) in [6.45, 7) is 0. The first kappa shape index (κ1) is 11.2. The van der Waals surface area contributed by atoms with Gasteiger partial charge in [-0.3, -0.25) is 0 Å². The lowest BCUT2D eigenvalue weighted by Gasteiger charge is -2.05. The highest BCUT2D eigenvalue weighted by atomic mass is 16.5. The summed E-state index contributed by atoms with van der Waals surface area (Å²) >= 11 is 0. The minimum Gasteiger partial charge on any atom is -0.497 e. The second-order valence-electron chi connectivity index (χ2n) is 3.61. The minimum atomic E-state index is -0.915. The molecule has 2 aromatic carbocycles. The molecule has 86 valence electrons. The first-order valence-corrected chi connectivity index (χ1v) is 5.18. The van der Waals surface area contributed by atoms with E-state index < -0.39 is 5.97 Å². The van der Waals surface area contributed by atoms with Crippen LogP contribution in [0.4, 0.5) is 0 Å². The van der Waals surface area contributed by atoms with Crippen LogP contribution in [0, 0.1) is 0 Å². The highest BCUT2D eigenvalue weighted by Gasteiger charge is 2.03. The molecule has 0 unspecified atom stereocenters. The molecule has 3 heteroatoms. The first-order chi connectivity index (χ1) is 8.20. The van der Waals surface area contributed by atoms with Gasteiger partial charge in [0.1, 0.15) is 5.75 Å². The van der Waals surface area contributed by atoms with E-state index in [0.717, 1.165) is 16.9 Å². The van der Waals surface area contributed by atoms with Crippen LogP contribution in [0.5, 0.6) is 5.75 Å². The molecule has 0 aromatic heterocycles. The van der Waals surface area contributed by atoms with Crippen LogP contribution in [0.1, 0.15) is 10.4 Å². The van der Waals surface area contributed by atoms with Crippen molar-refractivity contribution < 1.29 is 14.6 Å². The Balaban J connectivity index is 2.36. The van der Waals surface area contributed by atoms with Crippen molar-refractivity contribution in [1.29, 1.82) is 0 Å². The topological polar surface area (TPSA) is 46.5 Å². The lowest BCUT2D eigenvalue weighted by molar-refractivity contribution is 0.0697. The number of ether oxygens (including phenoxy) is 1. The highest BCUT2D eigenvalue weighted by molar-refractivity contribution is 5.88. The Hall–Kier alpha value is -2.29. The van der Waals surface area contributed by atoms with E-state index in [4.69, 9.17) is 9.84 Å². The van der Waals surface area contributed by atoms with E-state index in [-0.39, 0.29) is 5.56 Å². The molecule has 2 aromatic rings. The van der Waals surface area contributed by atoms with Crippen LogP contribution in [0.25, 0.3) is 11.1 Å². The molecule has 0 aliphatic rings. The van der Waals surface area contributed by atoms with E-state index in [2.05, 4.69) is 0 Å². The van der Waals surface area contributed by atoms with Gasteiger partial charge in [0, 0.05) is 0 Å². The van der Waals surface area contributed by atoms with Gasteiger partial charge in [0.25, 0.3) is 0 Å². The standard InChI is InChI=1S/C14H12O3/c1-17-13-4-2-3-12(9-13)10-5-7-11(8-6-10)14(15)16/h2-9H,1H3,(H,15,16). The highest BCUT2D eigenvalue weighted by Crippen LogP contribution is 2.23. The van der Waals surface area contributed by atoms with E-state index in [1.807, 2.05) is 24.3 Å². The molecule has 0 aliphatic carbocycles. The number of hydrogen-bond acceptors (Lipinski definition) is 2. The number of aromatic carboxylic acids is 1. The monoisotopic (exact) mass is 228 g/mol.